The molecule has 0 aliphatic carbocycles. The van der Waals surface area contributed by atoms with E-state index in [1.165, 1.54) is 0 Å². The summed E-state index contributed by atoms with van der Waals surface area (Å²) in [5, 5.41) is 3.71. The van der Waals surface area contributed by atoms with Crippen molar-refractivity contribution in [1.29, 1.82) is 0 Å². The molecule has 0 saturated heterocycles. The molecule has 1 spiro atoms. The molecule has 160 valence electrons. The van der Waals surface area contributed by atoms with Gasteiger partial charge in [0.15, 0.2) is 0 Å². The molecule has 32 heavy (non-hydrogen) atoms. The number of hydrogen-bond donors (Lipinski definition) is 1. The first-order chi connectivity index (χ1) is 15.6. The SMILES string of the molecule is CCCCN1C(=O)C2(Nc3ccccc3-c3nc4ccccc4n32)c2cc(C)cc(C)c21. The molecule has 4 aromatic rings. The summed E-state index contributed by atoms with van der Waals surface area (Å²) in [4.78, 5) is 21.4. The van der Waals surface area contributed by atoms with Gasteiger partial charge in [-0.05, 0) is 56.2 Å². The normalized spacial score (nSPS) is 18.6. The number of anilines is 2. The molecule has 1 unspecified atom stereocenters. The summed E-state index contributed by atoms with van der Waals surface area (Å²) in [6, 6.07) is 20.6. The van der Waals surface area contributed by atoms with Crippen molar-refractivity contribution >= 4 is 28.3 Å². The molecule has 0 fully saturated rings. The summed E-state index contributed by atoms with van der Waals surface area (Å²) < 4.78 is 2.14. The van der Waals surface area contributed by atoms with Crippen molar-refractivity contribution in [1.82, 2.24) is 9.55 Å². The number of carbonyl (C=O) groups excluding carboxylic acids is 1. The Labute approximate surface area is 187 Å². The third-order valence-electron chi connectivity index (χ3n) is 6.77. The highest BCUT2D eigenvalue weighted by Gasteiger charge is 2.56. The van der Waals surface area contributed by atoms with Gasteiger partial charge in [0.25, 0.3) is 5.91 Å². The first-order valence-corrected chi connectivity index (χ1v) is 11.4. The van der Waals surface area contributed by atoms with Crippen molar-refractivity contribution in [2.75, 3.05) is 16.8 Å². The van der Waals surface area contributed by atoms with Gasteiger partial charge < -0.3 is 10.2 Å². The quantitative estimate of drug-likeness (QED) is 0.468. The molecule has 1 amide bonds. The van der Waals surface area contributed by atoms with Crippen molar-refractivity contribution < 1.29 is 4.79 Å². The van der Waals surface area contributed by atoms with E-state index in [4.69, 9.17) is 4.98 Å². The number of benzene rings is 3. The number of nitrogens with one attached hydrogen (secondary N) is 1. The summed E-state index contributed by atoms with van der Waals surface area (Å²) >= 11 is 0. The van der Waals surface area contributed by atoms with Crippen LogP contribution in [0.5, 0.6) is 0 Å². The van der Waals surface area contributed by atoms with Crippen LogP contribution in [0.25, 0.3) is 22.4 Å². The Hall–Kier alpha value is -3.60. The molecule has 3 heterocycles. The zero-order valence-corrected chi connectivity index (χ0v) is 18.6. The predicted molar refractivity (Wildman–Crippen MR) is 129 cm³/mol. The van der Waals surface area contributed by atoms with Crippen LogP contribution in [0.1, 0.15) is 36.5 Å². The van der Waals surface area contributed by atoms with E-state index in [0.29, 0.717) is 6.54 Å². The number of nitrogens with zero attached hydrogens (tertiary/aromatic N) is 3. The Morgan fingerprint density at radius 1 is 1.03 bits per heavy atom. The number of aryl methyl sites for hydroxylation is 2. The maximum atomic E-state index is 14.4. The number of carbonyl (C=O) groups is 1. The van der Waals surface area contributed by atoms with Crippen LogP contribution in [-0.2, 0) is 10.5 Å². The van der Waals surface area contributed by atoms with Gasteiger partial charge in [0.1, 0.15) is 5.82 Å². The molecule has 1 atom stereocenters. The summed E-state index contributed by atoms with van der Waals surface area (Å²) in [5.74, 6) is 0.893. The van der Waals surface area contributed by atoms with Gasteiger partial charge in [0, 0.05) is 23.4 Å². The third kappa shape index (κ3) is 2.34. The van der Waals surface area contributed by atoms with E-state index >= 15 is 0 Å². The maximum absolute atomic E-state index is 14.4. The number of unbranched alkanes of at least 4 members (excludes halogenated alkanes) is 1. The van der Waals surface area contributed by atoms with E-state index in [9.17, 15) is 4.79 Å². The minimum absolute atomic E-state index is 0.0635. The molecule has 1 N–H and O–H groups in total. The van der Waals surface area contributed by atoms with Crippen LogP contribution in [-0.4, -0.2) is 22.0 Å². The number of para-hydroxylation sites is 3. The molecule has 5 heteroatoms. The highest BCUT2D eigenvalue weighted by molar-refractivity contribution is 6.12. The molecule has 0 bridgehead atoms. The number of imidazole rings is 1. The molecule has 0 radical (unpaired) electrons. The lowest BCUT2D eigenvalue weighted by Gasteiger charge is -2.38. The fourth-order valence-electron chi connectivity index (χ4n) is 5.46. The van der Waals surface area contributed by atoms with Crippen molar-refractivity contribution in [3.63, 3.8) is 0 Å². The summed E-state index contributed by atoms with van der Waals surface area (Å²) in [7, 11) is 0. The molecule has 2 aliphatic rings. The average molecular weight is 423 g/mol. The number of hydrogen-bond acceptors (Lipinski definition) is 3. The second-order valence-corrected chi connectivity index (χ2v) is 8.93. The Balaban J connectivity index is 1.74. The van der Waals surface area contributed by atoms with Crippen molar-refractivity contribution in [2.24, 2.45) is 0 Å². The smallest absolute Gasteiger partial charge is 0.279 e. The summed E-state index contributed by atoms with van der Waals surface area (Å²) in [6.45, 7) is 7.08. The van der Waals surface area contributed by atoms with Crippen LogP contribution >= 0.6 is 0 Å². The van der Waals surface area contributed by atoms with Crippen LogP contribution < -0.4 is 10.2 Å². The predicted octanol–water partition coefficient (Wildman–Crippen LogP) is 5.59. The maximum Gasteiger partial charge on any atom is 0.279 e. The highest BCUT2D eigenvalue weighted by Crippen LogP contribution is 2.51. The van der Waals surface area contributed by atoms with E-state index in [1.54, 1.807) is 0 Å². The molecule has 5 nitrogen and oxygen atoms in total. The highest BCUT2D eigenvalue weighted by atomic mass is 16.2. The lowest BCUT2D eigenvalue weighted by molar-refractivity contribution is -0.123. The third-order valence-corrected chi connectivity index (χ3v) is 6.77. The van der Waals surface area contributed by atoms with Crippen LogP contribution in [0, 0.1) is 13.8 Å². The molecule has 0 saturated carbocycles. The van der Waals surface area contributed by atoms with Gasteiger partial charge in [0.05, 0.1) is 16.7 Å². The Bertz CT molecular complexity index is 1400. The molecule has 3 aromatic carbocycles. The Morgan fingerprint density at radius 2 is 1.81 bits per heavy atom. The van der Waals surface area contributed by atoms with Crippen LogP contribution in [0.4, 0.5) is 11.4 Å². The number of aromatic nitrogens is 2. The molecular formula is C27H26N4O. The molecule has 6 rings (SSSR count). The fraction of sp³-hybridized carbons (Fsp3) is 0.259. The van der Waals surface area contributed by atoms with E-state index < -0.39 is 5.66 Å². The van der Waals surface area contributed by atoms with Gasteiger partial charge in [-0.25, -0.2) is 4.98 Å². The Morgan fingerprint density at radius 3 is 2.66 bits per heavy atom. The van der Waals surface area contributed by atoms with Gasteiger partial charge in [-0.15, -0.1) is 0 Å². The zero-order valence-electron chi connectivity index (χ0n) is 18.6. The van der Waals surface area contributed by atoms with Gasteiger partial charge in [0.2, 0.25) is 5.66 Å². The number of amides is 1. The summed E-state index contributed by atoms with van der Waals surface area (Å²) in [5.41, 5.74) is 7.07. The average Bonchev–Trinajstić information content (AvgIpc) is 3.28. The van der Waals surface area contributed by atoms with E-state index in [0.717, 1.165) is 63.3 Å². The molecule has 2 aliphatic heterocycles. The lowest BCUT2D eigenvalue weighted by Crippen LogP contribution is -2.53. The number of fused-ring (bicyclic) bond motifs is 8. The van der Waals surface area contributed by atoms with Gasteiger partial charge >= 0.3 is 0 Å². The summed E-state index contributed by atoms with van der Waals surface area (Å²) in [6.07, 6.45) is 2.00. The second kappa shape index (κ2) is 6.70. The van der Waals surface area contributed by atoms with Crippen molar-refractivity contribution in [3.8, 4) is 11.4 Å². The topological polar surface area (TPSA) is 50.2 Å². The molecular weight excluding hydrogens is 396 g/mol. The largest absolute Gasteiger partial charge is 0.350 e. The van der Waals surface area contributed by atoms with Crippen LogP contribution in [0.15, 0.2) is 60.7 Å². The van der Waals surface area contributed by atoms with E-state index in [1.807, 2.05) is 41.3 Å². The zero-order chi connectivity index (χ0) is 22.0. The standard InChI is InChI=1S/C27H26N4O/c1-4-5-14-30-24-18(3)15-17(2)16-20(24)27(26(30)32)29-21-11-7-6-10-19(21)25-28-22-12-8-9-13-23(22)31(25)27/h6-13,15-16,29H,4-5,14H2,1-3H3. The number of rotatable bonds is 3. The minimum Gasteiger partial charge on any atom is -0.350 e. The van der Waals surface area contributed by atoms with E-state index in [2.05, 4.69) is 54.9 Å². The van der Waals surface area contributed by atoms with Crippen LogP contribution in [0.2, 0.25) is 0 Å². The van der Waals surface area contributed by atoms with E-state index in [-0.39, 0.29) is 5.91 Å². The minimum atomic E-state index is -1.06. The first-order valence-electron chi connectivity index (χ1n) is 11.4. The van der Waals surface area contributed by atoms with Crippen molar-refractivity contribution in [3.05, 3.63) is 77.4 Å². The second-order valence-electron chi connectivity index (χ2n) is 8.93. The lowest BCUT2D eigenvalue weighted by atomic mass is 9.92. The van der Waals surface area contributed by atoms with Crippen LogP contribution in [0.3, 0.4) is 0 Å². The van der Waals surface area contributed by atoms with Gasteiger partial charge in [-0.1, -0.05) is 49.2 Å². The monoisotopic (exact) mass is 422 g/mol. The van der Waals surface area contributed by atoms with Crippen molar-refractivity contribution in [2.45, 2.75) is 39.3 Å². The fourth-order valence-corrected chi connectivity index (χ4v) is 5.46. The molecule has 1 aromatic heterocycles. The van der Waals surface area contributed by atoms with Gasteiger partial charge in [-0.2, -0.15) is 0 Å². The Kier molecular flexibility index (Phi) is 4.00. The van der Waals surface area contributed by atoms with Gasteiger partial charge in [-0.3, -0.25) is 9.36 Å². The first kappa shape index (κ1) is 19.1.